The Hall–Kier alpha value is -1.81. The molecule has 0 saturated carbocycles. The van der Waals surface area contributed by atoms with Crippen molar-refractivity contribution in [1.29, 1.82) is 0 Å². The van der Waals surface area contributed by atoms with Crippen LogP contribution in [0.5, 0.6) is 5.75 Å². The highest BCUT2D eigenvalue weighted by Crippen LogP contribution is 2.23. The van der Waals surface area contributed by atoms with Gasteiger partial charge in [0.05, 0.1) is 13.7 Å². The molecule has 0 fully saturated rings. The molecular weight excluding hydrogens is 520 g/mol. The predicted octanol–water partition coefficient (Wildman–Crippen LogP) is 11.5. The van der Waals surface area contributed by atoms with Crippen molar-refractivity contribution in [3.8, 4) is 5.75 Å². The smallest absolute Gasteiger partial charge is 0.306 e. The number of ether oxygens (including phenoxy) is 3. The van der Waals surface area contributed by atoms with Crippen molar-refractivity contribution in [3.63, 3.8) is 0 Å². The molecule has 1 aromatic rings. The van der Waals surface area contributed by atoms with Crippen LogP contribution >= 0.6 is 0 Å². The van der Waals surface area contributed by atoms with E-state index < -0.39 is 0 Å². The van der Waals surface area contributed by atoms with Crippen molar-refractivity contribution in [2.75, 3.05) is 20.3 Å². The fourth-order valence-corrected chi connectivity index (χ4v) is 5.48. The number of benzene rings is 1. The van der Waals surface area contributed by atoms with Crippen molar-refractivity contribution in [2.45, 2.75) is 162 Å². The first-order valence-electron chi connectivity index (χ1n) is 17.7. The highest BCUT2D eigenvalue weighted by Gasteiger charge is 2.10. The summed E-state index contributed by atoms with van der Waals surface area (Å²) in [5.41, 5.74) is 1.20. The van der Waals surface area contributed by atoms with E-state index in [0.717, 1.165) is 44.0 Å². The summed E-state index contributed by atoms with van der Waals surface area (Å²) in [5, 5.41) is 0. The number of unbranched alkanes of at least 4 members (excludes halogenated alkanes) is 15. The first-order chi connectivity index (χ1) is 20.7. The van der Waals surface area contributed by atoms with E-state index in [1.54, 1.807) is 7.11 Å². The monoisotopic (exact) mass is 586 g/mol. The quantitative estimate of drug-likeness (QED) is 0.0511. The molecule has 0 aliphatic carbocycles. The minimum atomic E-state index is -0.0509. The van der Waals surface area contributed by atoms with Crippen LogP contribution in [0, 0.1) is 5.92 Å². The van der Waals surface area contributed by atoms with Crippen molar-refractivity contribution in [3.05, 3.63) is 42.0 Å². The molecule has 1 unspecified atom stereocenters. The molecule has 0 spiro atoms. The van der Waals surface area contributed by atoms with E-state index >= 15 is 0 Å². The Bertz CT molecular complexity index is 742. The third-order valence-electron chi connectivity index (χ3n) is 8.29. The van der Waals surface area contributed by atoms with E-state index in [1.165, 1.54) is 115 Å². The highest BCUT2D eigenvalue weighted by molar-refractivity contribution is 5.69. The van der Waals surface area contributed by atoms with Gasteiger partial charge in [-0.05, 0) is 49.3 Å². The summed E-state index contributed by atoms with van der Waals surface area (Å²) in [6.07, 6.45) is 31.5. The topological polar surface area (TPSA) is 44.8 Å². The summed E-state index contributed by atoms with van der Waals surface area (Å²) in [6, 6.07) is 8.16. The van der Waals surface area contributed by atoms with Crippen LogP contribution in [0.15, 0.2) is 36.4 Å². The molecule has 0 saturated heterocycles. The summed E-state index contributed by atoms with van der Waals surface area (Å²) in [7, 11) is 1.70. The maximum Gasteiger partial charge on any atom is 0.306 e. The molecule has 0 amide bonds. The summed E-state index contributed by atoms with van der Waals surface area (Å²) >= 11 is 0. The van der Waals surface area contributed by atoms with E-state index in [9.17, 15) is 4.79 Å². The van der Waals surface area contributed by atoms with Gasteiger partial charge in [0, 0.05) is 13.0 Å². The van der Waals surface area contributed by atoms with Gasteiger partial charge in [-0.2, -0.15) is 0 Å². The number of hydrogen-bond donors (Lipinski definition) is 0. The Morgan fingerprint density at radius 1 is 0.690 bits per heavy atom. The first-order valence-corrected chi connectivity index (χ1v) is 17.7. The SMILES string of the molecule is CCCCCCCCC=CCOC(=O)CCCCCCC(CCCCCCCCC)CCOCc1ccc(OC)cc1. The van der Waals surface area contributed by atoms with Gasteiger partial charge in [-0.25, -0.2) is 0 Å². The molecule has 0 aliphatic rings. The lowest BCUT2D eigenvalue weighted by Gasteiger charge is -2.17. The minimum absolute atomic E-state index is 0.0509. The molecule has 0 heterocycles. The lowest BCUT2D eigenvalue weighted by molar-refractivity contribution is -0.142. The number of methoxy groups -OCH3 is 1. The van der Waals surface area contributed by atoms with Crippen LogP contribution in [0.2, 0.25) is 0 Å². The average Bonchev–Trinajstić information content (AvgIpc) is 3.01. The summed E-state index contributed by atoms with van der Waals surface area (Å²) < 4.78 is 16.7. The lowest BCUT2D eigenvalue weighted by Crippen LogP contribution is -2.07. The molecule has 1 atom stereocenters. The van der Waals surface area contributed by atoms with Gasteiger partial charge < -0.3 is 14.2 Å². The summed E-state index contributed by atoms with van der Waals surface area (Å²) in [6.45, 7) is 6.45. The zero-order chi connectivity index (χ0) is 30.4. The number of carbonyl (C=O) groups is 1. The van der Waals surface area contributed by atoms with E-state index in [4.69, 9.17) is 14.2 Å². The molecule has 0 aliphatic heterocycles. The standard InChI is InChI=1S/C38H66O4/c1-4-6-8-10-12-13-15-19-23-32-42-38(39)26-22-18-17-21-25-35(24-20-16-14-11-9-7-5-2)31-33-41-34-36-27-29-37(40-3)30-28-36/h19,23,27-30,35H,4-18,20-22,24-26,31-34H2,1-3H3. The van der Waals surface area contributed by atoms with Crippen LogP contribution in [-0.4, -0.2) is 26.3 Å². The Morgan fingerprint density at radius 3 is 1.88 bits per heavy atom. The molecule has 4 heteroatoms. The Labute approximate surface area is 260 Å². The summed E-state index contributed by atoms with van der Waals surface area (Å²) in [4.78, 5) is 12.1. The number of rotatable bonds is 30. The van der Waals surface area contributed by atoms with E-state index in [2.05, 4.69) is 32.1 Å². The number of hydrogen-bond acceptors (Lipinski definition) is 4. The maximum absolute atomic E-state index is 12.1. The average molecular weight is 587 g/mol. The van der Waals surface area contributed by atoms with Gasteiger partial charge in [0.2, 0.25) is 0 Å². The zero-order valence-electron chi connectivity index (χ0n) is 27.9. The second kappa shape index (κ2) is 29.3. The van der Waals surface area contributed by atoms with Crippen molar-refractivity contribution in [1.82, 2.24) is 0 Å². The third-order valence-corrected chi connectivity index (χ3v) is 8.29. The van der Waals surface area contributed by atoms with Gasteiger partial charge in [-0.1, -0.05) is 147 Å². The molecule has 0 bridgehead atoms. The van der Waals surface area contributed by atoms with Crippen LogP contribution in [0.1, 0.15) is 161 Å². The highest BCUT2D eigenvalue weighted by atomic mass is 16.5. The normalized spacial score (nSPS) is 12.2. The molecule has 242 valence electrons. The molecule has 1 rings (SSSR count). The third kappa shape index (κ3) is 23.7. The van der Waals surface area contributed by atoms with E-state index in [1.807, 2.05) is 18.2 Å². The van der Waals surface area contributed by atoms with Gasteiger partial charge in [-0.15, -0.1) is 0 Å². The van der Waals surface area contributed by atoms with Gasteiger partial charge >= 0.3 is 5.97 Å². The van der Waals surface area contributed by atoms with Gasteiger partial charge in [0.25, 0.3) is 0 Å². The molecule has 1 aromatic carbocycles. The molecule has 4 nitrogen and oxygen atoms in total. The summed E-state index contributed by atoms with van der Waals surface area (Å²) in [5.74, 6) is 1.58. The number of esters is 1. The largest absolute Gasteiger partial charge is 0.497 e. The molecular formula is C38H66O4. The molecule has 0 radical (unpaired) electrons. The van der Waals surface area contributed by atoms with Gasteiger partial charge in [0.1, 0.15) is 12.4 Å². The second-order valence-electron chi connectivity index (χ2n) is 12.1. The van der Waals surface area contributed by atoms with Crippen LogP contribution in [-0.2, 0) is 20.9 Å². The van der Waals surface area contributed by atoms with Crippen LogP contribution < -0.4 is 4.74 Å². The second-order valence-corrected chi connectivity index (χ2v) is 12.1. The zero-order valence-corrected chi connectivity index (χ0v) is 27.9. The Morgan fingerprint density at radius 2 is 1.26 bits per heavy atom. The van der Waals surface area contributed by atoms with Crippen LogP contribution in [0.4, 0.5) is 0 Å². The Balaban J connectivity index is 2.16. The van der Waals surface area contributed by atoms with Crippen molar-refractivity contribution >= 4 is 5.97 Å². The number of allylic oxidation sites excluding steroid dienone is 1. The van der Waals surface area contributed by atoms with Crippen molar-refractivity contribution in [2.24, 2.45) is 5.92 Å². The fourth-order valence-electron chi connectivity index (χ4n) is 5.48. The maximum atomic E-state index is 12.1. The van der Waals surface area contributed by atoms with E-state index in [-0.39, 0.29) is 5.97 Å². The lowest BCUT2D eigenvalue weighted by atomic mass is 9.91. The fraction of sp³-hybridized carbons (Fsp3) is 0.763. The molecule has 42 heavy (non-hydrogen) atoms. The molecule has 0 N–H and O–H groups in total. The van der Waals surface area contributed by atoms with E-state index in [0.29, 0.717) is 19.6 Å². The number of carbonyl (C=O) groups excluding carboxylic acids is 1. The van der Waals surface area contributed by atoms with Crippen LogP contribution in [0.25, 0.3) is 0 Å². The Kier molecular flexibility index (Phi) is 26.6. The first kappa shape index (κ1) is 38.2. The predicted molar refractivity (Wildman–Crippen MR) is 179 cm³/mol. The van der Waals surface area contributed by atoms with Crippen molar-refractivity contribution < 1.29 is 19.0 Å². The van der Waals surface area contributed by atoms with Gasteiger partial charge in [0.15, 0.2) is 0 Å². The van der Waals surface area contributed by atoms with Crippen LogP contribution in [0.3, 0.4) is 0 Å². The minimum Gasteiger partial charge on any atom is -0.497 e. The molecule has 0 aromatic heterocycles. The van der Waals surface area contributed by atoms with Gasteiger partial charge in [-0.3, -0.25) is 4.79 Å².